The maximum Gasteiger partial charge on any atom is 0.0954 e. The van der Waals surface area contributed by atoms with Gasteiger partial charge in [-0.25, -0.2) is 0 Å². The van der Waals surface area contributed by atoms with Crippen molar-refractivity contribution in [2.45, 2.75) is 38.1 Å². The first-order valence-electron chi connectivity index (χ1n) is 6.63. The van der Waals surface area contributed by atoms with Gasteiger partial charge in [-0.05, 0) is 24.5 Å². The monoisotopic (exact) mass is 248 g/mol. The molecule has 4 heteroatoms. The van der Waals surface area contributed by atoms with Gasteiger partial charge in [-0.3, -0.25) is 4.98 Å². The van der Waals surface area contributed by atoms with Crippen LogP contribution in [-0.2, 0) is 16.1 Å². The zero-order chi connectivity index (χ0) is 12.4. The van der Waals surface area contributed by atoms with Gasteiger partial charge in [-0.15, -0.1) is 0 Å². The third kappa shape index (κ3) is 2.55. The van der Waals surface area contributed by atoms with Crippen LogP contribution in [0.1, 0.15) is 24.0 Å². The second-order valence-corrected chi connectivity index (χ2v) is 5.43. The molecule has 2 saturated heterocycles. The van der Waals surface area contributed by atoms with E-state index in [-0.39, 0.29) is 5.60 Å². The Morgan fingerprint density at radius 2 is 2.39 bits per heavy atom. The molecule has 4 nitrogen and oxygen atoms in total. The molecular formula is C14H20N2O2. The molecule has 0 saturated carbocycles. The SMILES string of the molecule is Cc1cncc(COC2CCOC3(CNC3)C2)c1. The Labute approximate surface area is 108 Å². The zero-order valence-electron chi connectivity index (χ0n) is 10.8. The Hall–Kier alpha value is -0.970. The smallest absolute Gasteiger partial charge is 0.0954 e. The van der Waals surface area contributed by atoms with Crippen LogP contribution in [-0.4, -0.2) is 36.4 Å². The Bertz CT molecular complexity index is 418. The van der Waals surface area contributed by atoms with E-state index < -0.39 is 0 Å². The topological polar surface area (TPSA) is 43.4 Å². The molecule has 1 aromatic rings. The first-order chi connectivity index (χ1) is 8.76. The minimum Gasteiger partial charge on any atom is -0.373 e. The van der Waals surface area contributed by atoms with Gasteiger partial charge in [0, 0.05) is 38.5 Å². The third-order valence-electron chi connectivity index (χ3n) is 3.76. The van der Waals surface area contributed by atoms with Gasteiger partial charge >= 0.3 is 0 Å². The van der Waals surface area contributed by atoms with Crippen molar-refractivity contribution in [1.29, 1.82) is 0 Å². The van der Waals surface area contributed by atoms with Crippen LogP contribution in [0.2, 0.25) is 0 Å². The quantitative estimate of drug-likeness (QED) is 0.878. The summed E-state index contributed by atoms with van der Waals surface area (Å²) < 4.78 is 11.9. The Balaban J connectivity index is 1.53. The minimum atomic E-state index is 0.0633. The van der Waals surface area contributed by atoms with Crippen molar-refractivity contribution in [3.05, 3.63) is 29.6 Å². The minimum absolute atomic E-state index is 0.0633. The molecule has 2 fully saturated rings. The van der Waals surface area contributed by atoms with E-state index in [1.807, 2.05) is 12.4 Å². The summed E-state index contributed by atoms with van der Waals surface area (Å²) in [5, 5.41) is 3.28. The summed E-state index contributed by atoms with van der Waals surface area (Å²) in [4.78, 5) is 4.19. The van der Waals surface area contributed by atoms with Crippen molar-refractivity contribution in [3.63, 3.8) is 0 Å². The fourth-order valence-corrected chi connectivity index (χ4v) is 2.69. The summed E-state index contributed by atoms with van der Waals surface area (Å²) in [6.45, 7) is 5.47. The summed E-state index contributed by atoms with van der Waals surface area (Å²) in [6, 6.07) is 2.13. The van der Waals surface area contributed by atoms with Gasteiger partial charge in [0.25, 0.3) is 0 Å². The molecule has 18 heavy (non-hydrogen) atoms. The molecule has 1 spiro atoms. The zero-order valence-corrected chi connectivity index (χ0v) is 10.8. The summed E-state index contributed by atoms with van der Waals surface area (Å²) in [6.07, 6.45) is 6.08. The average molecular weight is 248 g/mol. The molecule has 2 aliphatic heterocycles. The lowest BCUT2D eigenvalue weighted by atomic mass is 9.87. The Morgan fingerprint density at radius 3 is 3.11 bits per heavy atom. The van der Waals surface area contributed by atoms with Gasteiger partial charge in [-0.2, -0.15) is 0 Å². The lowest BCUT2D eigenvalue weighted by Gasteiger charge is -2.47. The molecule has 1 N–H and O–H groups in total. The molecule has 1 atom stereocenters. The van der Waals surface area contributed by atoms with E-state index in [0.717, 1.165) is 38.1 Å². The lowest BCUT2D eigenvalue weighted by Crippen LogP contribution is -2.64. The first kappa shape index (κ1) is 12.1. The van der Waals surface area contributed by atoms with Gasteiger partial charge in [0.1, 0.15) is 0 Å². The van der Waals surface area contributed by atoms with Crippen LogP contribution in [0.3, 0.4) is 0 Å². The first-order valence-corrected chi connectivity index (χ1v) is 6.63. The van der Waals surface area contributed by atoms with Gasteiger partial charge in [-0.1, -0.05) is 6.07 Å². The summed E-state index contributed by atoms with van der Waals surface area (Å²) in [7, 11) is 0. The van der Waals surface area contributed by atoms with Gasteiger partial charge in [0.15, 0.2) is 0 Å². The van der Waals surface area contributed by atoms with E-state index in [0.29, 0.717) is 12.7 Å². The molecular weight excluding hydrogens is 228 g/mol. The highest BCUT2D eigenvalue weighted by Crippen LogP contribution is 2.30. The molecule has 0 bridgehead atoms. The van der Waals surface area contributed by atoms with Crippen molar-refractivity contribution < 1.29 is 9.47 Å². The Kier molecular flexibility index (Phi) is 3.33. The van der Waals surface area contributed by atoms with Gasteiger partial charge < -0.3 is 14.8 Å². The van der Waals surface area contributed by atoms with E-state index in [9.17, 15) is 0 Å². The van der Waals surface area contributed by atoms with Crippen molar-refractivity contribution in [2.75, 3.05) is 19.7 Å². The maximum absolute atomic E-state index is 6.01. The number of ether oxygens (including phenoxy) is 2. The number of rotatable bonds is 3. The van der Waals surface area contributed by atoms with Crippen LogP contribution in [0.4, 0.5) is 0 Å². The number of hydrogen-bond acceptors (Lipinski definition) is 4. The van der Waals surface area contributed by atoms with Crippen molar-refractivity contribution >= 4 is 0 Å². The standard InChI is InChI=1S/C14H20N2O2/c1-11-4-12(7-15-6-11)8-17-13-2-3-18-14(5-13)9-16-10-14/h4,6-7,13,16H,2-3,5,8-10H2,1H3. The van der Waals surface area contributed by atoms with Crippen molar-refractivity contribution in [3.8, 4) is 0 Å². The molecule has 1 aromatic heterocycles. The summed E-state index contributed by atoms with van der Waals surface area (Å²) in [5.41, 5.74) is 2.40. The normalized spacial score (nSPS) is 25.9. The van der Waals surface area contributed by atoms with Crippen LogP contribution >= 0.6 is 0 Å². The molecule has 1 unspecified atom stereocenters. The Morgan fingerprint density at radius 1 is 1.50 bits per heavy atom. The van der Waals surface area contributed by atoms with Gasteiger partial charge in [0.2, 0.25) is 0 Å². The average Bonchev–Trinajstić information content (AvgIpc) is 2.35. The largest absolute Gasteiger partial charge is 0.373 e. The summed E-state index contributed by atoms with van der Waals surface area (Å²) in [5.74, 6) is 0. The molecule has 0 aromatic carbocycles. The molecule has 0 radical (unpaired) electrons. The van der Waals surface area contributed by atoms with E-state index in [1.165, 1.54) is 5.56 Å². The maximum atomic E-state index is 6.01. The van der Waals surface area contributed by atoms with E-state index in [2.05, 4.69) is 23.3 Å². The van der Waals surface area contributed by atoms with Gasteiger partial charge in [0.05, 0.1) is 18.3 Å². The van der Waals surface area contributed by atoms with E-state index in [4.69, 9.17) is 9.47 Å². The van der Waals surface area contributed by atoms with E-state index in [1.54, 1.807) is 0 Å². The van der Waals surface area contributed by atoms with E-state index >= 15 is 0 Å². The van der Waals surface area contributed by atoms with Crippen LogP contribution in [0.15, 0.2) is 18.5 Å². The van der Waals surface area contributed by atoms with Crippen molar-refractivity contribution in [2.24, 2.45) is 0 Å². The molecule has 3 heterocycles. The summed E-state index contributed by atoms with van der Waals surface area (Å²) >= 11 is 0. The highest BCUT2D eigenvalue weighted by molar-refractivity contribution is 5.15. The van der Waals surface area contributed by atoms with Crippen LogP contribution < -0.4 is 5.32 Å². The lowest BCUT2D eigenvalue weighted by molar-refractivity contribution is -0.157. The number of nitrogens with one attached hydrogen (secondary N) is 1. The number of aryl methyl sites for hydroxylation is 1. The second kappa shape index (κ2) is 4.96. The van der Waals surface area contributed by atoms with Crippen molar-refractivity contribution in [1.82, 2.24) is 10.3 Å². The predicted molar refractivity (Wildman–Crippen MR) is 68.3 cm³/mol. The third-order valence-corrected chi connectivity index (χ3v) is 3.76. The highest BCUT2D eigenvalue weighted by Gasteiger charge is 2.42. The van der Waals surface area contributed by atoms with Crippen LogP contribution in [0.5, 0.6) is 0 Å². The number of pyridine rings is 1. The highest BCUT2D eigenvalue weighted by atomic mass is 16.5. The number of hydrogen-bond donors (Lipinski definition) is 1. The number of aromatic nitrogens is 1. The molecule has 0 aliphatic carbocycles. The predicted octanol–water partition coefficient (Wildman–Crippen LogP) is 1.43. The van der Waals surface area contributed by atoms with Crippen LogP contribution in [0.25, 0.3) is 0 Å². The molecule has 98 valence electrons. The molecule has 3 rings (SSSR count). The molecule has 0 amide bonds. The fourth-order valence-electron chi connectivity index (χ4n) is 2.69. The number of nitrogens with zero attached hydrogens (tertiary/aromatic N) is 1. The molecule has 2 aliphatic rings. The fraction of sp³-hybridized carbons (Fsp3) is 0.643. The second-order valence-electron chi connectivity index (χ2n) is 5.43. The van der Waals surface area contributed by atoms with Crippen LogP contribution in [0, 0.1) is 6.92 Å².